The van der Waals surface area contributed by atoms with Crippen molar-refractivity contribution in [3.63, 3.8) is 0 Å². The monoisotopic (exact) mass is 336 g/mol. The number of nitrogens with one attached hydrogen (secondary N) is 1. The number of primary amides is 1. The molecule has 1 aromatic rings. The second-order valence-electron chi connectivity index (χ2n) is 5.78. The van der Waals surface area contributed by atoms with Crippen LogP contribution in [0.15, 0.2) is 18.2 Å². The molecule has 1 aliphatic carbocycles. The summed E-state index contributed by atoms with van der Waals surface area (Å²) in [4.78, 5) is 34.4. The molecule has 0 aromatic heterocycles. The predicted molar refractivity (Wildman–Crippen MR) is 86.9 cm³/mol. The highest BCUT2D eigenvalue weighted by Crippen LogP contribution is 2.32. The highest BCUT2D eigenvalue weighted by atomic mass is 16.6. The number of carbonyl (C=O) groups is 2. The normalized spacial score (nSPS) is 19.6. The molecular weight excluding hydrogens is 316 g/mol. The minimum Gasteiger partial charge on any atom is -0.480 e. The number of nitrogens with two attached hydrogens (primary N) is 1. The van der Waals surface area contributed by atoms with Gasteiger partial charge < -0.3 is 16.2 Å². The average molecular weight is 336 g/mol. The van der Waals surface area contributed by atoms with E-state index in [-0.39, 0.29) is 29.9 Å². The van der Waals surface area contributed by atoms with Gasteiger partial charge in [-0.25, -0.2) is 0 Å². The summed E-state index contributed by atoms with van der Waals surface area (Å²) >= 11 is 0. The number of aliphatic carboxylic acids is 1. The Morgan fingerprint density at radius 1 is 1.46 bits per heavy atom. The molecule has 1 amide bonds. The Morgan fingerprint density at radius 3 is 2.62 bits per heavy atom. The van der Waals surface area contributed by atoms with E-state index in [4.69, 9.17) is 10.8 Å². The minimum atomic E-state index is -0.870. The number of hydrogen-bond donors (Lipinski definition) is 3. The number of nitro groups is 1. The van der Waals surface area contributed by atoms with Crippen LogP contribution in [0, 0.1) is 10.1 Å². The fourth-order valence-corrected chi connectivity index (χ4v) is 2.85. The van der Waals surface area contributed by atoms with Crippen LogP contribution in [0.4, 0.5) is 11.4 Å². The van der Waals surface area contributed by atoms with Gasteiger partial charge in [0.1, 0.15) is 5.69 Å². The van der Waals surface area contributed by atoms with Crippen LogP contribution in [0.1, 0.15) is 30.1 Å². The number of carbonyl (C=O) groups excluding carboxylic acids is 1. The molecule has 0 bridgehead atoms. The molecule has 0 saturated heterocycles. The first-order chi connectivity index (χ1) is 11.3. The average Bonchev–Trinajstić information content (AvgIpc) is 2.47. The quantitative estimate of drug-likeness (QED) is 0.476. The molecule has 24 heavy (non-hydrogen) atoms. The van der Waals surface area contributed by atoms with E-state index >= 15 is 0 Å². The van der Waals surface area contributed by atoms with Gasteiger partial charge in [-0.1, -0.05) is 6.92 Å². The smallest absolute Gasteiger partial charge is 0.317 e. The van der Waals surface area contributed by atoms with Crippen LogP contribution in [0.2, 0.25) is 0 Å². The van der Waals surface area contributed by atoms with Gasteiger partial charge in [0, 0.05) is 23.7 Å². The van der Waals surface area contributed by atoms with E-state index < -0.39 is 16.8 Å². The summed E-state index contributed by atoms with van der Waals surface area (Å²) in [6, 6.07) is 4.24. The number of anilines is 1. The number of likely N-dealkylation sites (N-methyl/N-ethyl adjacent to an activating group) is 1. The lowest BCUT2D eigenvalue weighted by Crippen LogP contribution is -2.51. The van der Waals surface area contributed by atoms with Crippen molar-refractivity contribution >= 4 is 23.3 Å². The first-order valence-electron chi connectivity index (χ1n) is 7.62. The van der Waals surface area contributed by atoms with Gasteiger partial charge in [0.15, 0.2) is 0 Å². The second kappa shape index (κ2) is 7.26. The van der Waals surface area contributed by atoms with E-state index in [1.807, 2.05) is 11.8 Å². The molecule has 2 rings (SSSR count). The Balaban J connectivity index is 2.02. The Kier molecular flexibility index (Phi) is 5.35. The van der Waals surface area contributed by atoms with Crippen LogP contribution in [-0.2, 0) is 4.79 Å². The highest BCUT2D eigenvalue weighted by molar-refractivity contribution is 5.94. The zero-order valence-electron chi connectivity index (χ0n) is 13.3. The van der Waals surface area contributed by atoms with Crippen molar-refractivity contribution in [1.29, 1.82) is 0 Å². The molecule has 9 nitrogen and oxygen atoms in total. The fraction of sp³-hybridized carbons (Fsp3) is 0.467. The first-order valence-corrected chi connectivity index (χ1v) is 7.62. The van der Waals surface area contributed by atoms with E-state index in [1.165, 1.54) is 12.1 Å². The molecule has 1 fully saturated rings. The van der Waals surface area contributed by atoms with Crippen molar-refractivity contribution < 1.29 is 19.6 Å². The fourth-order valence-electron chi connectivity index (χ4n) is 2.85. The molecule has 0 radical (unpaired) electrons. The largest absolute Gasteiger partial charge is 0.480 e. The number of nitrogens with zero attached hydrogens (tertiary/aromatic N) is 2. The van der Waals surface area contributed by atoms with Gasteiger partial charge in [-0.05, 0) is 31.5 Å². The standard InChI is InChI=1S/C15H20N4O5/c1-2-18(8-14(20)21)11-6-10(7-11)17-12-4-3-9(15(16)22)5-13(12)19(23)24/h3-5,10-11,17H,2,6-8H2,1H3,(H2,16,22)(H,20,21). The Bertz CT molecular complexity index is 657. The summed E-state index contributed by atoms with van der Waals surface area (Å²) < 4.78 is 0. The van der Waals surface area contributed by atoms with Gasteiger partial charge in [0.05, 0.1) is 11.5 Å². The van der Waals surface area contributed by atoms with Gasteiger partial charge in [0.25, 0.3) is 5.69 Å². The van der Waals surface area contributed by atoms with Crippen molar-refractivity contribution in [1.82, 2.24) is 4.90 Å². The molecule has 0 atom stereocenters. The van der Waals surface area contributed by atoms with Crippen molar-refractivity contribution in [2.45, 2.75) is 31.8 Å². The SMILES string of the molecule is CCN(CC(=O)O)C1CC(Nc2ccc(C(N)=O)cc2[N+](=O)[O-])C1. The number of carboxylic acids is 1. The first kappa shape index (κ1) is 17.7. The number of amides is 1. The molecule has 0 unspecified atom stereocenters. The molecule has 1 saturated carbocycles. The predicted octanol–water partition coefficient (Wildman–Crippen LogP) is 1.04. The lowest BCUT2D eigenvalue weighted by molar-refractivity contribution is -0.384. The third-order valence-electron chi connectivity index (χ3n) is 4.21. The molecule has 1 aromatic carbocycles. The van der Waals surface area contributed by atoms with Crippen LogP contribution >= 0.6 is 0 Å². The number of carboxylic acid groups (broad SMARTS) is 1. The molecule has 130 valence electrons. The van der Waals surface area contributed by atoms with Gasteiger partial charge in [-0.15, -0.1) is 0 Å². The van der Waals surface area contributed by atoms with Gasteiger partial charge in [0.2, 0.25) is 5.91 Å². The summed E-state index contributed by atoms with van der Waals surface area (Å²) in [6.45, 7) is 2.52. The maximum absolute atomic E-state index is 11.2. The van der Waals surface area contributed by atoms with Gasteiger partial charge >= 0.3 is 5.97 Å². The van der Waals surface area contributed by atoms with Crippen molar-refractivity contribution in [2.75, 3.05) is 18.4 Å². The number of nitro benzene ring substituents is 1. The number of benzene rings is 1. The summed E-state index contributed by atoms with van der Waals surface area (Å²) in [6.07, 6.45) is 1.41. The second-order valence-corrected chi connectivity index (χ2v) is 5.78. The Labute approximate surface area is 138 Å². The van der Waals surface area contributed by atoms with Crippen LogP contribution in [0.3, 0.4) is 0 Å². The third kappa shape index (κ3) is 3.99. The topological polar surface area (TPSA) is 139 Å². The minimum absolute atomic E-state index is 0.0126. The van der Waals surface area contributed by atoms with Crippen molar-refractivity contribution in [3.05, 3.63) is 33.9 Å². The summed E-state index contributed by atoms with van der Waals surface area (Å²) in [7, 11) is 0. The molecule has 0 spiro atoms. The van der Waals surface area contributed by atoms with E-state index in [0.717, 1.165) is 6.07 Å². The zero-order chi connectivity index (χ0) is 17.9. The molecular formula is C15H20N4O5. The van der Waals surface area contributed by atoms with Crippen molar-refractivity contribution in [3.8, 4) is 0 Å². The van der Waals surface area contributed by atoms with Crippen LogP contribution in [-0.4, -0.2) is 52.0 Å². The van der Waals surface area contributed by atoms with E-state index in [0.29, 0.717) is 25.1 Å². The van der Waals surface area contributed by atoms with Gasteiger partial charge in [-0.2, -0.15) is 0 Å². The Morgan fingerprint density at radius 2 is 2.12 bits per heavy atom. The molecule has 0 heterocycles. The maximum atomic E-state index is 11.2. The number of hydrogen-bond acceptors (Lipinski definition) is 6. The lowest BCUT2D eigenvalue weighted by Gasteiger charge is -2.42. The number of rotatable bonds is 8. The van der Waals surface area contributed by atoms with Crippen LogP contribution in [0.5, 0.6) is 0 Å². The van der Waals surface area contributed by atoms with E-state index in [9.17, 15) is 19.7 Å². The lowest BCUT2D eigenvalue weighted by atomic mass is 9.85. The van der Waals surface area contributed by atoms with E-state index in [1.54, 1.807) is 0 Å². The summed E-state index contributed by atoms with van der Waals surface area (Å²) in [5, 5.41) is 23.1. The summed E-state index contributed by atoms with van der Waals surface area (Å²) in [5.74, 6) is -1.59. The molecule has 0 aliphatic heterocycles. The highest BCUT2D eigenvalue weighted by Gasteiger charge is 2.34. The van der Waals surface area contributed by atoms with E-state index in [2.05, 4.69) is 5.32 Å². The van der Waals surface area contributed by atoms with Gasteiger partial charge in [-0.3, -0.25) is 24.6 Å². The van der Waals surface area contributed by atoms with Crippen LogP contribution in [0.25, 0.3) is 0 Å². The zero-order valence-corrected chi connectivity index (χ0v) is 13.3. The summed E-state index contributed by atoms with van der Waals surface area (Å²) in [5.41, 5.74) is 5.35. The van der Waals surface area contributed by atoms with Crippen LogP contribution < -0.4 is 11.1 Å². The van der Waals surface area contributed by atoms with Crippen molar-refractivity contribution in [2.24, 2.45) is 5.73 Å². The Hall–Kier alpha value is -2.68. The molecule has 9 heteroatoms. The molecule has 4 N–H and O–H groups in total. The maximum Gasteiger partial charge on any atom is 0.317 e. The molecule has 1 aliphatic rings. The third-order valence-corrected chi connectivity index (χ3v) is 4.21.